The second-order valence-electron chi connectivity index (χ2n) is 6.92. The lowest BCUT2D eigenvalue weighted by Crippen LogP contribution is -2.08. The van der Waals surface area contributed by atoms with Crippen LogP contribution in [0, 0.1) is 11.3 Å². The van der Waals surface area contributed by atoms with Crippen LogP contribution in [0.4, 0.5) is 16.5 Å². The number of aromatic nitrogens is 1. The summed E-state index contributed by atoms with van der Waals surface area (Å²) in [6.45, 7) is 1.94. The number of carbonyl (C=O) groups is 1. The molecule has 2 aromatic heterocycles. The van der Waals surface area contributed by atoms with Crippen LogP contribution < -0.4 is 15.8 Å². The molecular formula is C24H19ClN4O3S. The number of benzene rings is 2. The first-order valence-corrected chi connectivity index (χ1v) is 11.2. The molecule has 0 aliphatic rings. The molecule has 33 heavy (non-hydrogen) atoms. The fourth-order valence-corrected chi connectivity index (χ4v) is 4.76. The topological polar surface area (TPSA) is 110 Å². The van der Waals surface area contributed by atoms with Gasteiger partial charge in [-0.25, -0.2) is 9.78 Å². The van der Waals surface area contributed by atoms with Gasteiger partial charge in [-0.05, 0) is 48.9 Å². The zero-order chi connectivity index (χ0) is 23.5. The molecule has 0 radical (unpaired) electrons. The molecule has 0 saturated heterocycles. The summed E-state index contributed by atoms with van der Waals surface area (Å²) in [6, 6.07) is 16.5. The number of ether oxygens (including phenoxy) is 2. The van der Waals surface area contributed by atoms with Crippen molar-refractivity contribution in [3.05, 3.63) is 64.7 Å². The normalized spacial score (nSPS) is 10.6. The third-order valence-corrected chi connectivity index (χ3v) is 6.28. The van der Waals surface area contributed by atoms with Gasteiger partial charge in [0.05, 0.1) is 18.4 Å². The van der Waals surface area contributed by atoms with Crippen molar-refractivity contribution >= 4 is 55.6 Å². The molecule has 0 aliphatic heterocycles. The summed E-state index contributed by atoms with van der Waals surface area (Å²) in [5.41, 5.74) is 9.10. The molecular weight excluding hydrogens is 460 g/mol. The fraction of sp³-hybridized carbons (Fsp3) is 0.125. The summed E-state index contributed by atoms with van der Waals surface area (Å²) < 4.78 is 11.2. The molecule has 2 heterocycles. The van der Waals surface area contributed by atoms with Gasteiger partial charge in [-0.3, -0.25) is 0 Å². The van der Waals surface area contributed by atoms with E-state index in [0.29, 0.717) is 31.6 Å². The van der Waals surface area contributed by atoms with Gasteiger partial charge in [0.15, 0.2) is 0 Å². The SMILES string of the molecule is CCOC(=O)c1c(Nc2ccc(OC)cc2)sc2c(-c3ccc(Cl)cc3)c(C#N)c(N)nc12. The molecule has 166 valence electrons. The molecule has 0 unspecified atom stereocenters. The van der Waals surface area contributed by atoms with Crippen molar-refractivity contribution in [2.24, 2.45) is 0 Å². The minimum atomic E-state index is -0.529. The predicted molar refractivity (Wildman–Crippen MR) is 131 cm³/mol. The number of esters is 1. The lowest BCUT2D eigenvalue weighted by atomic mass is 10.00. The first-order valence-electron chi connectivity index (χ1n) is 9.97. The molecule has 3 N–H and O–H groups in total. The predicted octanol–water partition coefficient (Wildman–Crippen LogP) is 6.00. The van der Waals surface area contributed by atoms with Crippen molar-refractivity contribution in [3.8, 4) is 22.9 Å². The smallest absolute Gasteiger partial charge is 0.343 e. The Hall–Kier alpha value is -3.80. The number of carbonyl (C=O) groups excluding carboxylic acids is 1. The van der Waals surface area contributed by atoms with Gasteiger partial charge < -0.3 is 20.5 Å². The van der Waals surface area contributed by atoms with E-state index in [9.17, 15) is 10.1 Å². The van der Waals surface area contributed by atoms with Gasteiger partial charge in [-0.15, -0.1) is 11.3 Å². The highest BCUT2D eigenvalue weighted by Gasteiger charge is 2.27. The zero-order valence-electron chi connectivity index (χ0n) is 17.8. The third-order valence-electron chi connectivity index (χ3n) is 4.92. The summed E-state index contributed by atoms with van der Waals surface area (Å²) >= 11 is 7.36. The van der Waals surface area contributed by atoms with Crippen molar-refractivity contribution in [1.82, 2.24) is 4.98 Å². The Morgan fingerprint density at radius 3 is 2.52 bits per heavy atom. The quantitative estimate of drug-likeness (QED) is 0.327. The summed E-state index contributed by atoms with van der Waals surface area (Å²) in [5, 5.41) is 14.2. The molecule has 2 aromatic carbocycles. The Balaban J connectivity index is 1.98. The second kappa shape index (κ2) is 9.36. The minimum absolute atomic E-state index is 0.0364. The number of halogens is 1. The van der Waals surface area contributed by atoms with Crippen LogP contribution >= 0.6 is 22.9 Å². The highest BCUT2D eigenvalue weighted by molar-refractivity contribution is 7.24. The lowest BCUT2D eigenvalue weighted by molar-refractivity contribution is 0.0530. The molecule has 0 aliphatic carbocycles. The largest absolute Gasteiger partial charge is 0.497 e. The van der Waals surface area contributed by atoms with E-state index in [0.717, 1.165) is 11.3 Å². The number of nitrogens with two attached hydrogens (primary N) is 1. The van der Waals surface area contributed by atoms with E-state index in [1.54, 1.807) is 38.3 Å². The molecule has 4 rings (SSSR count). The molecule has 4 aromatic rings. The van der Waals surface area contributed by atoms with Gasteiger partial charge in [0.25, 0.3) is 0 Å². The van der Waals surface area contributed by atoms with Crippen LogP contribution in [0.2, 0.25) is 5.02 Å². The van der Waals surface area contributed by atoms with Crippen LogP contribution in [0.15, 0.2) is 48.5 Å². The number of anilines is 3. The van der Waals surface area contributed by atoms with E-state index in [4.69, 9.17) is 26.8 Å². The number of fused-ring (bicyclic) bond motifs is 1. The Morgan fingerprint density at radius 2 is 1.91 bits per heavy atom. The number of nitrogens with zero attached hydrogens (tertiary/aromatic N) is 2. The van der Waals surface area contributed by atoms with Gasteiger partial charge in [0.1, 0.15) is 39.3 Å². The molecule has 7 nitrogen and oxygen atoms in total. The number of pyridine rings is 1. The zero-order valence-corrected chi connectivity index (χ0v) is 19.4. The average molecular weight is 479 g/mol. The van der Waals surface area contributed by atoms with Crippen molar-refractivity contribution < 1.29 is 14.3 Å². The first kappa shape index (κ1) is 22.4. The number of nitriles is 1. The molecule has 0 saturated carbocycles. The second-order valence-corrected chi connectivity index (χ2v) is 8.38. The van der Waals surface area contributed by atoms with E-state index >= 15 is 0 Å². The molecule has 0 amide bonds. The Morgan fingerprint density at radius 1 is 1.21 bits per heavy atom. The number of nitrogens with one attached hydrogen (secondary N) is 1. The standard InChI is InChI=1S/C24H19ClN4O3S/c1-3-32-24(30)19-20-21(33-23(19)28-15-8-10-16(31-2)11-9-15)18(17(12-26)22(27)29-20)13-4-6-14(25)7-5-13/h4-11,28H,3H2,1-2H3,(H2,27,29). The van der Waals surface area contributed by atoms with Gasteiger partial charge >= 0.3 is 5.97 Å². The number of rotatable bonds is 6. The summed E-state index contributed by atoms with van der Waals surface area (Å²) in [7, 11) is 1.59. The number of thiophene rings is 1. The van der Waals surface area contributed by atoms with Crippen molar-refractivity contribution in [2.75, 3.05) is 24.8 Å². The third kappa shape index (κ3) is 4.29. The maximum absolute atomic E-state index is 13.0. The summed E-state index contributed by atoms with van der Waals surface area (Å²) in [4.78, 5) is 17.4. The number of hydrogen-bond acceptors (Lipinski definition) is 8. The van der Waals surface area contributed by atoms with Gasteiger partial charge in [0.2, 0.25) is 0 Å². The van der Waals surface area contributed by atoms with E-state index < -0.39 is 5.97 Å². The molecule has 0 bridgehead atoms. The molecule has 9 heteroatoms. The van der Waals surface area contributed by atoms with E-state index in [1.807, 2.05) is 24.3 Å². The van der Waals surface area contributed by atoms with E-state index in [-0.39, 0.29) is 23.6 Å². The van der Waals surface area contributed by atoms with Crippen LogP contribution in [-0.2, 0) is 4.74 Å². The highest BCUT2D eigenvalue weighted by atomic mass is 35.5. The van der Waals surface area contributed by atoms with Gasteiger partial charge in [-0.2, -0.15) is 5.26 Å². The van der Waals surface area contributed by atoms with Crippen molar-refractivity contribution in [2.45, 2.75) is 6.92 Å². The average Bonchev–Trinajstić information content (AvgIpc) is 3.16. The molecule has 0 spiro atoms. The van der Waals surface area contributed by atoms with Crippen molar-refractivity contribution in [1.29, 1.82) is 5.26 Å². The lowest BCUT2D eigenvalue weighted by Gasteiger charge is -2.09. The van der Waals surface area contributed by atoms with Crippen LogP contribution in [0.1, 0.15) is 22.8 Å². The van der Waals surface area contributed by atoms with E-state index in [1.165, 1.54) is 11.3 Å². The first-order chi connectivity index (χ1) is 16.0. The van der Waals surface area contributed by atoms with Crippen LogP contribution in [0.25, 0.3) is 21.3 Å². The Labute approximate surface area is 199 Å². The number of nitrogen functional groups attached to an aromatic ring is 1. The maximum Gasteiger partial charge on any atom is 0.343 e. The summed E-state index contributed by atoms with van der Waals surface area (Å²) in [6.07, 6.45) is 0. The van der Waals surface area contributed by atoms with Crippen LogP contribution in [-0.4, -0.2) is 24.7 Å². The fourth-order valence-electron chi connectivity index (χ4n) is 3.41. The van der Waals surface area contributed by atoms with E-state index in [2.05, 4.69) is 16.4 Å². The van der Waals surface area contributed by atoms with Gasteiger partial charge in [0, 0.05) is 16.3 Å². The maximum atomic E-state index is 13.0. The Bertz CT molecular complexity index is 1380. The number of hydrogen-bond donors (Lipinski definition) is 2. The molecule has 0 fully saturated rings. The number of methoxy groups -OCH3 is 1. The summed E-state index contributed by atoms with van der Waals surface area (Å²) in [5.74, 6) is 0.216. The van der Waals surface area contributed by atoms with Crippen LogP contribution in [0.5, 0.6) is 5.75 Å². The van der Waals surface area contributed by atoms with Crippen LogP contribution in [0.3, 0.4) is 0 Å². The molecule has 0 atom stereocenters. The monoisotopic (exact) mass is 478 g/mol. The van der Waals surface area contributed by atoms with Gasteiger partial charge in [-0.1, -0.05) is 23.7 Å². The Kier molecular flexibility index (Phi) is 6.36. The minimum Gasteiger partial charge on any atom is -0.497 e. The van der Waals surface area contributed by atoms with Crippen molar-refractivity contribution in [3.63, 3.8) is 0 Å². The highest BCUT2D eigenvalue weighted by Crippen LogP contribution is 2.44.